The van der Waals surface area contributed by atoms with E-state index in [0.717, 1.165) is 34.4 Å². The van der Waals surface area contributed by atoms with E-state index in [9.17, 15) is 14.7 Å². The van der Waals surface area contributed by atoms with Crippen molar-refractivity contribution in [2.24, 2.45) is 0 Å². The number of nitrogens with zero attached hydrogens (tertiary/aromatic N) is 2. The predicted molar refractivity (Wildman–Crippen MR) is 140 cm³/mol. The third-order valence-electron chi connectivity index (χ3n) is 6.44. The lowest BCUT2D eigenvalue weighted by molar-refractivity contribution is -0.140. The number of Topliss-reactive ketones (excluding diaryl/α,β-unsaturated/α-hetero) is 1. The van der Waals surface area contributed by atoms with Gasteiger partial charge in [0, 0.05) is 24.5 Å². The Kier molecular flexibility index (Phi) is 7.53. The first-order valence-corrected chi connectivity index (χ1v) is 12.3. The molecule has 1 aliphatic heterocycles. The van der Waals surface area contributed by atoms with Crippen LogP contribution in [-0.4, -0.2) is 33.3 Å². The monoisotopic (exact) mass is 484 g/mol. The lowest BCUT2D eigenvalue weighted by Crippen LogP contribution is -2.29. The van der Waals surface area contributed by atoms with E-state index in [1.165, 1.54) is 4.90 Å². The van der Waals surface area contributed by atoms with Crippen LogP contribution in [0, 0.1) is 6.92 Å². The molecule has 1 fully saturated rings. The smallest absolute Gasteiger partial charge is 0.295 e. The summed E-state index contributed by atoms with van der Waals surface area (Å²) in [6, 6.07) is 16.1. The number of benzene rings is 2. The highest BCUT2D eigenvalue weighted by molar-refractivity contribution is 6.46. The van der Waals surface area contributed by atoms with Crippen LogP contribution in [0.1, 0.15) is 67.0 Å². The summed E-state index contributed by atoms with van der Waals surface area (Å²) in [6.45, 7) is 8.95. The molecule has 1 aliphatic rings. The topological polar surface area (TPSA) is 79.7 Å². The summed E-state index contributed by atoms with van der Waals surface area (Å²) in [5, 5.41) is 11.4. The van der Waals surface area contributed by atoms with Crippen molar-refractivity contribution in [1.82, 2.24) is 9.88 Å². The molecule has 0 unspecified atom stereocenters. The van der Waals surface area contributed by atoms with Crippen LogP contribution in [0.2, 0.25) is 0 Å². The summed E-state index contributed by atoms with van der Waals surface area (Å²) in [4.78, 5) is 32.2. The number of carbonyl (C=O) groups excluding carboxylic acids is 2. The van der Waals surface area contributed by atoms with Crippen molar-refractivity contribution in [2.75, 3.05) is 6.61 Å². The molecule has 1 amide bonds. The normalized spacial score (nSPS) is 17.1. The van der Waals surface area contributed by atoms with E-state index in [-0.39, 0.29) is 17.9 Å². The van der Waals surface area contributed by atoms with E-state index in [0.29, 0.717) is 18.1 Å². The fraction of sp³-hybridized carbons (Fsp3) is 0.300. The molecule has 1 atom stereocenters. The standard InChI is InChI=1S/C30H32N2O4/c1-5-15-36-25-13-12-24(16-20(25)4)28(33)26-27(23-10-8-22(9-11-23)19(2)3)32(30(35)29(26)34)18-21-7-6-14-31-17-21/h6-14,16-17,19,27,33H,5,15,18H2,1-4H3/t27-/m1/s1. The molecule has 0 radical (unpaired) electrons. The quantitative estimate of drug-likeness (QED) is 0.244. The summed E-state index contributed by atoms with van der Waals surface area (Å²) in [6.07, 6.45) is 4.23. The molecule has 186 valence electrons. The molecule has 1 N–H and O–H groups in total. The van der Waals surface area contributed by atoms with Gasteiger partial charge in [0.05, 0.1) is 18.2 Å². The average molecular weight is 485 g/mol. The van der Waals surface area contributed by atoms with Gasteiger partial charge in [-0.2, -0.15) is 0 Å². The Morgan fingerprint density at radius 1 is 1.11 bits per heavy atom. The van der Waals surface area contributed by atoms with Gasteiger partial charge in [0.2, 0.25) is 0 Å². The summed E-state index contributed by atoms with van der Waals surface area (Å²) < 4.78 is 5.76. The molecule has 0 aliphatic carbocycles. The van der Waals surface area contributed by atoms with Crippen LogP contribution in [0.4, 0.5) is 0 Å². The number of amides is 1. The summed E-state index contributed by atoms with van der Waals surface area (Å²) in [5.74, 6) is -0.454. The molecular formula is C30H32N2O4. The molecule has 6 heteroatoms. The van der Waals surface area contributed by atoms with Gasteiger partial charge in [0.25, 0.3) is 11.7 Å². The van der Waals surface area contributed by atoms with E-state index in [1.54, 1.807) is 36.7 Å². The van der Waals surface area contributed by atoms with Crippen molar-refractivity contribution >= 4 is 17.4 Å². The predicted octanol–water partition coefficient (Wildman–Crippen LogP) is 5.92. The van der Waals surface area contributed by atoms with Gasteiger partial charge in [-0.3, -0.25) is 14.6 Å². The number of aliphatic hydroxyl groups excluding tert-OH is 1. The number of hydrogen-bond acceptors (Lipinski definition) is 5. The van der Waals surface area contributed by atoms with Crippen LogP contribution < -0.4 is 4.74 Å². The molecule has 1 aromatic heterocycles. The van der Waals surface area contributed by atoms with Crippen molar-refractivity contribution in [2.45, 2.75) is 52.6 Å². The minimum atomic E-state index is -0.720. The van der Waals surface area contributed by atoms with Crippen LogP contribution >= 0.6 is 0 Å². The average Bonchev–Trinajstić information content (AvgIpc) is 3.13. The van der Waals surface area contributed by atoms with Crippen molar-refractivity contribution < 1.29 is 19.4 Å². The lowest BCUT2D eigenvalue weighted by Gasteiger charge is -2.25. The third-order valence-corrected chi connectivity index (χ3v) is 6.44. The molecule has 36 heavy (non-hydrogen) atoms. The molecule has 4 rings (SSSR count). The molecular weight excluding hydrogens is 452 g/mol. The Bertz CT molecular complexity index is 1280. The molecule has 2 aromatic carbocycles. The third kappa shape index (κ3) is 5.03. The first kappa shape index (κ1) is 25.2. The number of ketones is 1. The van der Waals surface area contributed by atoms with Gasteiger partial charge in [-0.25, -0.2) is 0 Å². The van der Waals surface area contributed by atoms with E-state index in [4.69, 9.17) is 4.74 Å². The first-order valence-electron chi connectivity index (χ1n) is 12.3. The van der Waals surface area contributed by atoms with E-state index < -0.39 is 17.7 Å². The second-order valence-corrected chi connectivity index (χ2v) is 9.44. The van der Waals surface area contributed by atoms with Gasteiger partial charge in [0.15, 0.2) is 0 Å². The maximum absolute atomic E-state index is 13.3. The lowest BCUT2D eigenvalue weighted by atomic mass is 9.93. The van der Waals surface area contributed by atoms with Gasteiger partial charge in [0.1, 0.15) is 11.5 Å². The Balaban J connectivity index is 1.81. The largest absolute Gasteiger partial charge is 0.507 e. The number of carbonyl (C=O) groups is 2. The second-order valence-electron chi connectivity index (χ2n) is 9.44. The number of hydrogen-bond donors (Lipinski definition) is 1. The summed E-state index contributed by atoms with van der Waals surface area (Å²) >= 11 is 0. The van der Waals surface area contributed by atoms with Crippen LogP contribution in [0.15, 0.2) is 72.6 Å². The molecule has 0 saturated carbocycles. The van der Waals surface area contributed by atoms with Gasteiger partial charge in [-0.15, -0.1) is 0 Å². The van der Waals surface area contributed by atoms with Crippen molar-refractivity contribution in [3.05, 3.63) is 100 Å². The molecule has 3 aromatic rings. The minimum absolute atomic E-state index is 0.0859. The number of aromatic nitrogens is 1. The maximum Gasteiger partial charge on any atom is 0.295 e. The van der Waals surface area contributed by atoms with E-state index in [1.807, 2.05) is 44.2 Å². The van der Waals surface area contributed by atoms with Crippen molar-refractivity contribution in [1.29, 1.82) is 0 Å². The Hall–Kier alpha value is -3.93. The van der Waals surface area contributed by atoms with Crippen LogP contribution in [0.5, 0.6) is 5.75 Å². The summed E-state index contributed by atoms with van der Waals surface area (Å²) in [7, 11) is 0. The van der Waals surface area contributed by atoms with Gasteiger partial charge in [-0.1, -0.05) is 51.1 Å². The SMILES string of the molecule is CCCOc1ccc(C(O)=C2C(=O)C(=O)N(Cc3cccnc3)[C@@H]2c2ccc(C(C)C)cc2)cc1C. The minimum Gasteiger partial charge on any atom is -0.507 e. The fourth-order valence-electron chi connectivity index (χ4n) is 4.47. The number of likely N-dealkylation sites (tertiary alicyclic amines) is 1. The fourth-order valence-corrected chi connectivity index (χ4v) is 4.47. The molecule has 2 heterocycles. The van der Waals surface area contributed by atoms with E-state index >= 15 is 0 Å². The highest BCUT2D eigenvalue weighted by Gasteiger charge is 2.46. The molecule has 6 nitrogen and oxygen atoms in total. The number of rotatable bonds is 8. The van der Waals surface area contributed by atoms with Crippen LogP contribution in [0.3, 0.4) is 0 Å². The van der Waals surface area contributed by atoms with Crippen LogP contribution in [-0.2, 0) is 16.1 Å². The molecule has 0 bridgehead atoms. The van der Waals surface area contributed by atoms with Crippen molar-refractivity contribution in [3.8, 4) is 5.75 Å². The summed E-state index contributed by atoms with van der Waals surface area (Å²) in [5.41, 5.74) is 4.12. The Labute approximate surface area is 212 Å². The number of pyridine rings is 1. The Morgan fingerprint density at radius 2 is 1.86 bits per heavy atom. The van der Waals surface area contributed by atoms with Gasteiger partial charge >= 0.3 is 0 Å². The first-order chi connectivity index (χ1) is 17.3. The highest BCUT2D eigenvalue weighted by Crippen LogP contribution is 2.41. The number of aryl methyl sites for hydroxylation is 1. The van der Waals surface area contributed by atoms with Gasteiger partial charge < -0.3 is 14.7 Å². The zero-order valence-electron chi connectivity index (χ0n) is 21.2. The zero-order valence-corrected chi connectivity index (χ0v) is 21.2. The maximum atomic E-state index is 13.3. The van der Waals surface area contributed by atoms with Gasteiger partial charge in [-0.05, 0) is 65.8 Å². The highest BCUT2D eigenvalue weighted by atomic mass is 16.5. The second kappa shape index (κ2) is 10.8. The Morgan fingerprint density at radius 3 is 2.47 bits per heavy atom. The molecule has 1 saturated heterocycles. The van der Waals surface area contributed by atoms with Crippen molar-refractivity contribution in [3.63, 3.8) is 0 Å². The van der Waals surface area contributed by atoms with E-state index in [2.05, 4.69) is 18.8 Å². The number of ether oxygens (including phenoxy) is 1. The van der Waals surface area contributed by atoms with Crippen LogP contribution in [0.25, 0.3) is 5.76 Å². The molecule has 0 spiro atoms. The zero-order chi connectivity index (χ0) is 25.8. The number of aliphatic hydroxyl groups is 1.